The predicted octanol–water partition coefficient (Wildman–Crippen LogP) is 3.17. The molecule has 122 valence electrons. The van der Waals surface area contributed by atoms with E-state index < -0.39 is 16.1 Å². The summed E-state index contributed by atoms with van der Waals surface area (Å²) in [5.41, 5.74) is 0. The van der Waals surface area contributed by atoms with Gasteiger partial charge in [0.05, 0.1) is 12.0 Å². The maximum Gasteiger partial charge on any atom is 0.429 e. The molecule has 0 aliphatic rings. The quantitative estimate of drug-likeness (QED) is 0.842. The van der Waals surface area contributed by atoms with Gasteiger partial charge >= 0.3 is 6.09 Å². The Balaban J connectivity index is 2.17. The molecule has 0 aliphatic carbocycles. The molecular weight excluding hydrogens is 342 g/mol. The molecule has 2 aromatic rings. The zero-order valence-electron chi connectivity index (χ0n) is 12.4. The lowest BCUT2D eigenvalue weighted by Gasteiger charge is -2.17. The van der Waals surface area contributed by atoms with Gasteiger partial charge in [0.1, 0.15) is 11.5 Å². The molecule has 0 aliphatic heterocycles. The number of amides is 1. The van der Waals surface area contributed by atoms with Gasteiger partial charge in [0.15, 0.2) is 0 Å². The Kier molecular flexibility index (Phi) is 5.12. The second-order valence-electron chi connectivity index (χ2n) is 4.47. The van der Waals surface area contributed by atoms with Crippen LogP contribution in [0.4, 0.5) is 4.79 Å². The van der Waals surface area contributed by atoms with Gasteiger partial charge in [-0.25, -0.2) is 17.5 Å². The van der Waals surface area contributed by atoms with Crippen LogP contribution in [0.3, 0.4) is 0 Å². The van der Waals surface area contributed by atoms with Crippen LogP contribution in [0.15, 0.2) is 53.4 Å². The first-order chi connectivity index (χ1) is 10.8. The molecule has 0 N–H and O–H groups in total. The highest BCUT2D eigenvalue weighted by molar-refractivity contribution is 7.89. The van der Waals surface area contributed by atoms with Crippen molar-refractivity contribution in [1.82, 2.24) is 4.31 Å². The van der Waals surface area contributed by atoms with Gasteiger partial charge in [0.25, 0.3) is 10.0 Å². The highest BCUT2D eigenvalue weighted by Gasteiger charge is 2.27. The van der Waals surface area contributed by atoms with Crippen molar-refractivity contribution < 1.29 is 22.7 Å². The van der Waals surface area contributed by atoms with E-state index >= 15 is 0 Å². The second kappa shape index (κ2) is 6.89. The van der Waals surface area contributed by atoms with Crippen LogP contribution in [0.1, 0.15) is 0 Å². The second-order valence-corrected chi connectivity index (χ2v) is 6.88. The number of methoxy groups -OCH3 is 1. The van der Waals surface area contributed by atoms with E-state index in [-0.39, 0.29) is 10.6 Å². The number of carbonyl (C=O) groups is 1. The van der Waals surface area contributed by atoms with E-state index in [1.807, 2.05) is 0 Å². The summed E-state index contributed by atoms with van der Waals surface area (Å²) >= 11 is 5.73. The summed E-state index contributed by atoms with van der Waals surface area (Å²) in [5, 5.41) is 0.476. The fraction of sp³-hybridized carbons (Fsp3) is 0.133. The van der Waals surface area contributed by atoms with E-state index in [1.165, 1.54) is 55.6 Å². The zero-order valence-corrected chi connectivity index (χ0v) is 14.0. The van der Waals surface area contributed by atoms with E-state index in [0.717, 1.165) is 7.05 Å². The Labute approximate surface area is 139 Å². The maximum atomic E-state index is 12.4. The molecule has 1 amide bonds. The van der Waals surface area contributed by atoms with Crippen LogP contribution in [-0.4, -0.2) is 33.0 Å². The van der Waals surface area contributed by atoms with Crippen molar-refractivity contribution in [2.45, 2.75) is 4.90 Å². The number of ether oxygens (including phenoxy) is 2. The lowest BCUT2D eigenvalue weighted by Crippen LogP contribution is -2.35. The van der Waals surface area contributed by atoms with Gasteiger partial charge in [-0.05, 0) is 48.5 Å². The maximum absolute atomic E-state index is 12.4. The first-order valence-corrected chi connectivity index (χ1v) is 8.27. The molecule has 0 atom stereocenters. The first-order valence-electron chi connectivity index (χ1n) is 6.45. The number of halogens is 1. The van der Waals surface area contributed by atoms with Crippen molar-refractivity contribution in [2.75, 3.05) is 14.2 Å². The molecule has 0 unspecified atom stereocenters. The zero-order chi connectivity index (χ0) is 17.0. The fourth-order valence-electron chi connectivity index (χ4n) is 1.67. The van der Waals surface area contributed by atoms with Crippen LogP contribution in [-0.2, 0) is 10.0 Å². The number of hydrogen-bond donors (Lipinski definition) is 0. The molecule has 0 radical (unpaired) electrons. The Morgan fingerprint density at radius 2 is 1.52 bits per heavy atom. The van der Waals surface area contributed by atoms with Crippen molar-refractivity contribution in [2.24, 2.45) is 0 Å². The van der Waals surface area contributed by atoms with Crippen molar-refractivity contribution in [3.63, 3.8) is 0 Å². The lowest BCUT2D eigenvalue weighted by atomic mass is 10.3. The van der Waals surface area contributed by atoms with E-state index in [0.29, 0.717) is 15.1 Å². The molecular formula is C15H14ClNO5S. The Hall–Kier alpha value is -2.25. The first kappa shape index (κ1) is 17.1. The SMILES string of the molecule is COc1ccc(S(=O)(=O)N(C)C(=O)Oc2ccc(Cl)cc2)cc1. The van der Waals surface area contributed by atoms with Gasteiger partial charge in [0.2, 0.25) is 0 Å². The summed E-state index contributed by atoms with van der Waals surface area (Å²) < 4.78 is 35.3. The van der Waals surface area contributed by atoms with Gasteiger partial charge in [-0.2, -0.15) is 0 Å². The van der Waals surface area contributed by atoms with Crippen LogP contribution in [0.5, 0.6) is 11.5 Å². The molecule has 0 bridgehead atoms. The van der Waals surface area contributed by atoms with E-state index in [4.69, 9.17) is 21.1 Å². The molecule has 2 rings (SSSR count). The van der Waals surface area contributed by atoms with Crippen LogP contribution in [0.2, 0.25) is 5.02 Å². The molecule has 8 heteroatoms. The molecule has 2 aromatic carbocycles. The number of carbonyl (C=O) groups excluding carboxylic acids is 1. The van der Waals surface area contributed by atoms with Gasteiger partial charge in [0, 0.05) is 12.1 Å². The van der Waals surface area contributed by atoms with Crippen LogP contribution < -0.4 is 9.47 Å². The smallest absolute Gasteiger partial charge is 0.429 e. The molecule has 23 heavy (non-hydrogen) atoms. The molecule has 0 fully saturated rings. The standard InChI is InChI=1S/C15H14ClNO5S/c1-17(15(18)22-13-5-3-11(16)4-6-13)23(19,20)14-9-7-12(21-2)8-10-14/h3-10H,1-2H3. The number of sulfonamides is 1. The minimum Gasteiger partial charge on any atom is -0.497 e. The topological polar surface area (TPSA) is 72.9 Å². The molecule has 0 saturated carbocycles. The molecule has 0 spiro atoms. The van der Waals surface area contributed by atoms with Gasteiger partial charge in [-0.15, -0.1) is 0 Å². The van der Waals surface area contributed by atoms with E-state index in [2.05, 4.69) is 0 Å². The third-order valence-corrected chi connectivity index (χ3v) is 4.98. The van der Waals surface area contributed by atoms with Crippen molar-refractivity contribution in [3.8, 4) is 11.5 Å². The average Bonchev–Trinajstić information content (AvgIpc) is 2.56. The van der Waals surface area contributed by atoms with Gasteiger partial charge in [-0.1, -0.05) is 11.6 Å². The monoisotopic (exact) mass is 355 g/mol. The van der Waals surface area contributed by atoms with Gasteiger partial charge < -0.3 is 9.47 Å². The summed E-state index contributed by atoms with van der Waals surface area (Å²) in [5.74, 6) is 0.700. The van der Waals surface area contributed by atoms with Crippen LogP contribution in [0.25, 0.3) is 0 Å². The number of hydrogen-bond acceptors (Lipinski definition) is 5. The summed E-state index contributed by atoms with van der Waals surface area (Å²) in [6, 6.07) is 11.7. The molecule has 0 heterocycles. The minimum atomic E-state index is -4.01. The summed E-state index contributed by atoms with van der Waals surface area (Å²) in [6.45, 7) is 0. The highest BCUT2D eigenvalue weighted by Crippen LogP contribution is 2.21. The predicted molar refractivity (Wildman–Crippen MR) is 85.4 cm³/mol. The largest absolute Gasteiger partial charge is 0.497 e. The van der Waals surface area contributed by atoms with E-state index in [9.17, 15) is 13.2 Å². The Morgan fingerprint density at radius 3 is 2.04 bits per heavy atom. The highest BCUT2D eigenvalue weighted by atomic mass is 35.5. The minimum absolute atomic E-state index is 0.0474. The normalized spacial score (nSPS) is 10.9. The molecule has 0 aromatic heterocycles. The number of nitrogens with zero attached hydrogens (tertiary/aromatic N) is 1. The van der Waals surface area contributed by atoms with Crippen molar-refractivity contribution in [3.05, 3.63) is 53.6 Å². The lowest BCUT2D eigenvalue weighted by molar-refractivity contribution is 0.184. The summed E-state index contributed by atoms with van der Waals surface area (Å²) in [4.78, 5) is 12.0. The third kappa shape index (κ3) is 3.94. The van der Waals surface area contributed by atoms with Crippen LogP contribution in [0, 0.1) is 0 Å². The number of rotatable bonds is 4. The van der Waals surface area contributed by atoms with Crippen molar-refractivity contribution in [1.29, 1.82) is 0 Å². The third-order valence-electron chi connectivity index (χ3n) is 2.99. The van der Waals surface area contributed by atoms with Crippen molar-refractivity contribution >= 4 is 27.7 Å². The molecule has 6 nitrogen and oxygen atoms in total. The van der Waals surface area contributed by atoms with Gasteiger partial charge in [-0.3, -0.25) is 0 Å². The molecule has 0 saturated heterocycles. The summed E-state index contributed by atoms with van der Waals surface area (Å²) in [6.07, 6.45) is -1.02. The van der Waals surface area contributed by atoms with E-state index in [1.54, 1.807) is 0 Å². The van der Waals surface area contributed by atoms with Crippen LogP contribution >= 0.6 is 11.6 Å². The average molecular weight is 356 g/mol. The number of benzene rings is 2. The Bertz CT molecular complexity index is 788. The summed E-state index contributed by atoms with van der Waals surface area (Å²) in [7, 11) is -1.42. The fourth-order valence-corrected chi connectivity index (χ4v) is 2.83. The Morgan fingerprint density at radius 1 is 1.00 bits per heavy atom.